The first-order valence-electron chi connectivity index (χ1n) is 6.80. The molecular formula is C12H21O6P. The van der Waals surface area contributed by atoms with Crippen LogP contribution in [0.15, 0.2) is 0 Å². The average Bonchev–Trinajstić information content (AvgIpc) is 2.63. The predicted octanol–water partition coefficient (Wildman–Crippen LogP) is 2.14. The SMILES string of the molecule is CCC1CCCCC12OC(=O)C(CC)(P(=O)(O)O)O2. The van der Waals surface area contributed by atoms with E-state index in [-0.39, 0.29) is 12.3 Å². The highest BCUT2D eigenvalue weighted by molar-refractivity contribution is 7.54. The molecule has 19 heavy (non-hydrogen) atoms. The molecule has 1 aliphatic heterocycles. The van der Waals surface area contributed by atoms with E-state index >= 15 is 0 Å². The zero-order chi connectivity index (χ0) is 14.3. The fraction of sp³-hybridized carbons (Fsp3) is 0.917. The summed E-state index contributed by atoms with van der Waals surface area (Å²) in [5.74, 6) is -2.05. The third-order valence-electron chi connectivity index (χ3n) is 4.32. The second kappa shape index (κ2) is 4.85. The maximum atomic E-state index is 12.1. The molecule has 7 heteroatoms. The van der Waals surface area contributed by atoms with Crippen LogP contribution in [0.4, 0.5) is 0 Å². The van der Waals surface area contributed by atoms with E-state index in [0.717, 1.165) is 25.7 Å². The molecule has 1 spiro atoms. The lowest BCUT2D eigenvalue weighted by Gasteiger charge is -2.39. The summed E-state index contributed by atoms with van der Waals surface area (Å²) in [6.45, 7) is 3.50. The number of hydrogen-bond donors (Lipinski definition) is 2. The molecule has 2 rings (SSSR count). The van der Waals surface area contributed by atoms with Crippen LogP contribution in [0, 0.1) is 5.92 Å². The minimum atomic E-state index is -4.73. The van der Waals surface area contributed by atoms with E-state index in [2.05, 4.69) is 0 Å². The molecule has 2 fully saturated rings. The standard InChI is InChI=1S/C12H21O6P/c1-3-9-7-5-6-8-11(9)17-10(13)12(4-2,18-11)19(14,15)16/h9H,3-8H2,1-2H3,(H2,14,15,16). The van der Waals surface area contributed by atoms with Crippen LogP contribution >= 0.6 is 7.60 Å². The molecule has 6 nitrogen and oxygen atoms in total. The Bertz CT molecular complexity index is 418. The third kappa shape index (κ3) is 2.15. The minimum Gasteiger partial charge on any atom is -0.430 e. The second-order valence-electron chi connectivity index (χ2n) is 5.34. The Morgan fingerprint density at radius 3 is 2.53 bits per heavy atom. The summed E-state index contributed by atoms with van der Waals surface area (Å²) in [4.78, 5) is 31.1. The Morgan fingerprint density at radius 2 is 2.05 bits per heavy atom. The zero-order valence-corrected chi connectivity index (χ0v) is 12.2. The van der Waals surface area contributed by atoms with Crippen LogP contribution < -0.4 is 0 Å². The summed E-state index contributed by atoms with van der Waals surface area (Å²) in [6.07, 6.45) is 3.90. The van der Waals surface area contributed by atoms with Gasteiger partial charge in [0, 0.05) is 12.3 Å². The Kier molecular flexibility index (Phi) is 3.82. The molecular weight excluding hydrogens is 271 g/mol. The maximum absolute atomic E-state index is 12.1. The van der Waals surface area contributed by atoms with Crippen LogP contribution in [-0.4, -0.2) is 26.9 Å². The Balaban J connectivity index is 2.39. The van der Waals surface area contributed by atoms with Crippen LogP contribution in [0.3, 0.4) is 0 Å². The molecule has 110 valence electrons. The van der Waals surface area contributed by atoms with Crippen molar-refractivity contribution < 1.29 is 28.6 Å². The molecule has 2 aliphatic rings. The molecule has 3 atom stereocenters. The number of hydrogen-bond acceptors (Lipinski definition) is 4. The van der Waals surface area contributed by atoms with Gasteiger partial charge in [-0.05, 0) is 25.7 Å². The van der Waals surface area contributed by atoms with E-state index in [0.29, 0.717) is 6.42 Å². The second-order valence-corrected chi connectivity index (χ2v) is 7.15. The van der Waals surface area contributed by atoms with Gasteiger partial charge in [0.2, 0.25) is 5.79 Å². The van der Waals surface area contributed by atoms with E-state index in [1.165, 1.54) is 6.92 Å². The van der Waals surface area contributed by atoms with Crippen LogP contribution in [0.5, 0.6) is 0 Å². The van der Waals surface area contributed by atoms with Crippen molar-refractivity contribution in [1.29, 1.82) is 0 Å². The number of rotatable bonds is 3. The van der Waals surface area contributed by atoms with Gasteiger partial charge in [-0.3, -0.25) is 4.57 Å². The van der Waals surface area contributed by atoms with Gasteiger partial charge in [-0.25, -0.2) is 4.79 Å². The number of ether oxygens (including phenoxy) is 2. The molecule has 1 aliphatic carbocycles. The lowest BCUT2D eigenvalue weighted by atomic mass is 9.81. The van der Waals surface area contributed by atoms with Gasteiger partial charge in [0.15, 0.2) is 0 Å². The molecule has 0 radical (unpaired) electrons. The smallest absolute Gasteiger partial charge is 0.368 e. The van der Waals surface area contributed by atoms with Gasteiger partial charge in [-0.2, -0.15) is 0 Å². The Hall–Kier alpha value is -0.420. The van der Waals surface area contributed by atoms with Crippen LogP contribution in [0.2, 0.25) is 0 Å². The predicted molar refractivity (Wildman–Crippen MR) is 67.2 cm³/mol. The van der Waals surface area contributed by atoms with Crippen molar-refractivity contribution in [1.82, 2.24) is 0 Å². The average molecular weight is 292 g/mol. The number of carbonyl (C=O) groups is 1. The summed E-state index contributed by atoms with van der Waals surface area (Å²) >= 11 is 0. The molecule has 0 aromatic heterocycles. The van der Waals surface area contributed by atoms with Gasteiger partial charge in [0.25, 0.3) is 5.34 Å². The summed E-state index contributed by atoms with van der Waals surface area (Å²) in [7, 11) is -4.73. The van der Waals surface area contributed by atoms with Crippen LogP contribution in [0.25, 0.3) is 0 Å². The molecule has 0 bridgehead atoms. The molecule has 2 N–H and O–H groups in total. The lowest BCUT2D eigenvalue weighted by Crippen LogP contribution is -2.44. The van der Waals surface area contributed by atoms with Gasteiger partial charge >= 0.3 is 13.6 Å². The molecule has 1 saturated carbocycles. The van der Waals surface area contributed by atoms with Crippen molar-refractivity contribution in [2.75, 3.05) is 0 Å². The van der Waals surface area contributed by atoms with Crippen molar-refractivity contribution in [3.8, 4) is 0 Å². The summed E-state index contributed by atoms with van der Waals surface area (Å²) in [5, 5.41) is -2.11. The van der Waals surface area contributed by atoms with E-state index < -0.39 is 24.7 Å². The van der Waals surface area contributed by atoms with Crippen molar-refractivity contribution >= 4 is 13.6 Å². The summed E-state index contributed by atoms with van der Waals surface area (Å²) in [5.41, 5.74) is 0. The van der Waals surface area contributed by atoms with Gasteiger partial charge in [0.05, 0.1) is 0 Å². The summed E-state index contributed by atoms with van der Waals surface area (Å²) < 4.78 is 22.7. The van der Waals surface area contributed by atoms with Gasteiger partial charge in [-0.15, -0.1) is 0 Å². The largest absolute Gasteiger partial charge is 0.430 e. The van der Waals surface area contributed by atoms with E-state index in [1.807, 2.05) is 6.92 Å². The van der Waals surface area contributed by atoms with Gasteiger partial charge in [-0.1, -0.05) is 20.3 Å². The van der Waals surface area contributed by atoms with Crippen molar-refractivity contribution in [3.63, 3.8) is 0 Å². The molecule has 0 amide bonds. The number of esters is 1. The molecule has 3 unspecified atom stereocenters. The van der Waals surface area contributed by atoms with Crippen molar-refractivity contribution in [2.24, 2.45) is 5.92 Å². The fourth-order valence-electron chi connectivity index (χ4n) is 3.16. The van der Waals surface area contributed by atoms with Gasteiger partial charge in [0.1, 0.15) is 0 Å². The first-order chi connectivity index (χ1) is 8.81. The fourth-order valence-corrected chi connectivity index (χ4v) is 4.12. The molecule has 0 aromatic carbocycles. The molecule has 1 saturated heterocycles. The van der Waals surface area contributed by atoms with Crippen molar-refractivity contribution in [3.05, 3.63) is 0 Å². The highest BCUT2D eigenvalue weighted by Gasteiger charge is 2.67. The first-order valence-corrected chi connectivity index (χ1v) is 8.42. The molecule has 0 aromatic rings. The Morgan fingerprint density at radius 1 is 1.37 bits per heavy atom. The quantitative estimate of drug-likeness (QED) is 0.611. The maximum Gasteiger partial charge on any atom is 0.368 e. The van der Waals surface area contributed by atoms with E-state index in [9.17, 15) is 19.1 Å². The summed E-state index contributed by atoms with van der Waals surface area (Å²) in [6, 6.07) is 0. The minimum absolute atomic E-state index is 0.00479. The van der Waals surface area contributed by atoms with Gasteiger partial charge < -0.3 is 19.3 Å². The first kappa shape index (κ1) is 15.0. The lowest BCUT2D eigenvalue weighted by molar-refractivity contribution is -0.228. The third-order valence-corrected chi connectivity index (χ3v) is 5.85. The monoisotopic (exact) mass is 292 g/mol. The molecule has 1 heterocycles. The highest BCUT2D eigenvalue weighted by Crippen LogP contribution is 2.61. The van der Waals surface area contributed by atoms with Crippen LogP contribution in [-0.2, 0) is 18.8 Å². The number of carbonyl (C=O) groups excluding carboxylic acids is 1. The van der Waals surface area contributed by atoms with Crippen molar-refractivity contribution in [2.45, 2.75) is 63.5 Å². The van der Waals surface area contributed by atoms with Crippen LogP contribution in [0.1, 0.15) is 52.4 Å². The Labute approximate surface area is 112 Å². The van der Waals surface area contributed by atoms with E-state index in [1.54, 1.807) is 0 Å². The van der Waals surface area contributed by atoms with E-state index in [4.69, 9.17) is 9.47 Å². The zero-order valence-electron chi connectivity index (χ0n) is 11.3. The normalized spacial score (nSPS) is 39.6. The highest BCUT2D eigenvalue weighted by atomic mass is 31.2. The topological polar surface area (TPSA) is 93.1 Å².